The lowest BCUT2D eigenvalue weighted by atomic mass is 9.74. The van der Waals surface area contributed by atoms with E-state index >= 15 is 0 Å². The second-order valence-electron chi connectivity index (χ2n) is 5.42. The van der Waals surface area contributed by atoms with Gasteiger partial charge in [0.1, 0.15) is 5.82 Å². The first-order valence-electron chi connectivity index (χ1n) is 6.96. The number of benzene rings is 1. The molecule has 1 aromatic carbocycles. The monoisotopic (exact) mass is 345 g/mol. The first-order chi connectivity index (χ1) is 10.2. The maximum absolute atomic E-state index is 13.5. The maximum Gasteiger partial charge on any atom is 0.151 e. The normalized spacial score (nSPS) is 23.4. The molecule has 3 nitrogen and oxygen atoms in total. The van der Waals surface area contributed by atoms with Gasteiger partial charge in [0.2, 0.25) is 0 Å². The van der Waals surface area contributed by atoms with Crippen molar-refractivity contribution in [3.63, 3.8) is 0 Å². The fraction of sp³-hybridized carbons (Fsp3) is 0.250. The molecule has 0 saturated carbocycles. The van der Waals surface area contributed by atoms with Crippen LogP contribution >= 0.6 is 15.9 Å². The minimum absolute atomic E-state index is 0.139. The van der Waals surface area contributed by atoms with Crippen LogP contribution in [-0.4, -0.2) is 15.9 Å². The number of nitrogens with one attached hydrogen (secondary N) is 1. The molecule has 0 saturated heterocycles. The Labute approximate surface area is 130 Å². The Morgan fingerprint density at radius 2 is 2.24 bits per heavy atom. The summed E-state index contributed by atoms with van der Waals surface area (Å²) in [7, 11) is 0. The Morgan fingerprint density at radius 1 is 1.33 bits per heavy atom. The third-order valence-electron chi connectivity index (χ3n) is 4.20. The molecule has 1 aliphatic carbocycles. The SMILES string of the molecule is Fc1ccc(C2c3cn[nH]c3N=C3CCC=CC32)cc1Br. The van der Waals surface area contributed by atoms with Crippen LogP contribution in [0.25, 0.3) is 0 Å². The summed E-state index contributed by atoms with van der Waals surface area (Å²) < 4.78 is 14.0. The molecule has 0 amide bonds. The molecule has 0 fully saturated rings. The van der Waals surface area contributed by atoms with E-state index in [2.05, 4.69) is 38.3 Å². The van der Waals surface area contributed by atoms with Crippen molar-refractivity contribution >= 4 is 27.5 Å². The second kappa shape index (κ2) is 4.91. The van der Waals surface area contributed by atoms with E-state index in [4.69, 9.17) is 4.99 Å². The first-order valence-corrected chi connectivity index (χ1v) is 7.75. The predicted octanol–water partition coefficient (Wildman–Crippen LogP) is 4.50. The highest BCUT2D eigenvalue weighted by atomic mass is 79.9. The van der Waals surface area contributed by atoms with Crippen molar-refractivity contribution in [2.75, 3.05) is 0 Å². The van der Waals surface area contributed by atoms with Crippen LogP contribution in [-0.2, 0) is 0 Å². The first kappa shape index (κ1) is 13.0. The largest absolute Gasteiger partial charge is 0.261 e. The van der Waals surface area contributed by atoms with Crippen molar-refractivity contribution in [3.8, 4) is 0 Å². The van der Waals surface area contributed by atoms with Crippen LogP contribution in [0.4, 0.5) is 10.2 Å². The third-order valence-corrected chi connectivity index (χ3v) is 4.80. The number of allylic oxidation sites excluding steroid dienone is 2. The van der Waals surface area contributed by atoms with Crippen LogP contribution in [0.15, 0.2) is 46.0 Å². The lowest BCUT2D eigenvalue weighted by Crippen LogP contribution is -2.26. The van der Waals surface area contributed by atoms with Crippen LogP contribution in [0.3, 0.4) is 0 Å². The van der Waals surface area contributed by atoms with E-state index in [0.717, 1.165) is 29.8 Å². The molecule has 0 radical (unpaired) electrons. The molecule has 1 aromatic heterocycles. The molecule has 2 unspecified atom stereocenters. The highest BCUT2D eigenvalue weighted by Crippen LogP contribution is 2.44. The van der Waals surface area contributed by atoms with Gasteiger partial charge in [-0.25, -0.2) is 9.38 Å². The van der Waals surface area contributed by atoms with E-state index in [0.29, 0.717) is 4.47 Å². The van der Waals surface area contributed by atoms with Crippen LogP contribution in [0.2, 0.25) is 0 Å². The molecule has 1 aliphatic heterocycles. The van der Waals surface area contributed by atoms with Gasteiger partial charge in [-0.3, -0.25) is 5.10 Å². The summed E-state index contributed by atoms with van der Waals surface area (Å²) in [6.45, 7) is 0. The van der Waals surface area contributed by atoms with Gasteiger partial charge in [-0.1, -0.05) is 18.2 Å². The number of fused-ring (bicyclic) bond motifs is 2. The zero-order chi connectivity index (χ0) is 14.4. The van der Waals surface area contributed by atoms with Gasteiger partial charge < -0.3 is 0 Å². The highest BCUT2D eigenvalue weighted by Gasteiger charge is 2.34. The van der Waals surface area contributed by atoms with Crippen LogP contribution in [0, 0.1) is 11.7 Å². The molecular formula is C16H13BrFN3. The smallest absolute Gasteiger partial charge is 0.151 e. The lowest BCUT2D eigenvalue weighted by molar-refractivity contribution is 0.616. The summed E-state index contributed by atoms with van der Waals surface area (Å²) in [5, 5.41) is 7.10. The molecule has 2 heterocycles. The maximum atomic E-state index is 13.5. The van der Waals surface area contributed by atoms with Crippen molar-refractivity contribution in [3.05, 3.63) is 58.0 Å². The van der Waals surface area contributed by atoms with Gasteiger partial charge in [0.15, 0.2) is 5.82 Å². The van der Waals surface area contributed by atoms with E-state index in [1.54, 1.807) is 0 Å². The topological polar surface area (TPSA) is 41.0 Å². The van der Waals surface area contributed by atoms with Crippen LogP contribution < -0.4 is 0 Å². The fourth-order valence-electron chi connectivity index (χ4n) is 3.22. The Morgan fingerprint density at radius 3 is 3.10 bits per heavy atom. The Balaban J connectivity index is 1.89. The van der Waals surface area contributed by atoms with Gasteiger partial charge in [0.25, 0.3) is 0 Å². The summed E-state index contributed by atoms with van der Waals surface area (Å²) in [6, 6.07) is 5.23. The number of nitrogens with zero attached hydrogens (tertiary/aromatic N) is 2. The second-order valence-corrected chi connectivity index (χ2v) is 6.28. The molecule has 0 bridgehead atoms. The van der Waals surface area contributed by atoms with Gasteiger partial charge in [-0.15, -0.1) is 0 Å². The molecule has 2 aliphatic rings. The minimum Gasteiger partial charge on any atom is -0.261 e. The van der Waals surface area contributed by atoms with Crippen molar-refractivity contribution < 1.29 is 4.39 Å². The summed E-state index contributed by atoms with van der Waals surface area (Å²) in [6.07, 6.45) is 8.26. The number of rotatable bonds is 1. The number of aromatic amines is 1. The van der Waals surface area contributed by atoms with E-state index in [1.807, 2.05) is 18.3 Å². The zero-order valence-corrected chi connectivity index (χ0v) is 12.8. The van der Waals surface area contributed by atoms with Crippen molar-refractivity contribution in [1.82, 2.24) is 10.2 Å². The van der Waals surface area contributed by atoms with E-state index in [9.17, 15) is 4.39 Å². The Hall–Kier alpha value is -1.75. The Kier molecular flexibility index (Phi) is 3.03. The molecule has 2 atom stereocenters. The van der Waals surface area contributed by atoms with Gasteiger partial charge >= 0.3 is 0 Å². The predicted molar refractivity (Wildman–Crippen MR) is 83.5 cm³/mol. The molecule has 106 valence electrons. The van der Waals surface area contributed by atoms with Gasteiger partial charge in [-0.2, -0.15) is 5.10 Å². The van der Waals surface area contributed by atoms with E-state index in [-0.39, 0.29) is 17.7 Å². The number of aromatic nitrogens is 2. The number of hydrogen-bond donors (Lipinski definition) is 1. The highest BCUT2D eigenvalue weighted by molar-refractivity contribution is 9.10. The van der Waals surface area contributed by atoms with E-state index in [1.165, 1.54) is 11.8 Å². The third kappa shape index (κ3) is 2.07. The molecule has 21 heavy (non-hydrogen) atoms. The van der Waals surface area contributed by atoms with Crippen molar-refractivity contribution in [1.29, 1.82) is 0 Å². The van der Waals surface area contributed by atoms with Gasteiger partial charge in [0.05, 0.1) is 10.7 Å². The molecular weight excluding hydrogens is 333 g/mol. The quantitative estimate of drug-likeness (QED) is 0.759. The Bertz CT molecular complexity index is 763. The minimum atomic E-state index is -0.241. The van der Waals surface area contributed by atoms with Crippen molar-refractivity contribution in [2.45, 2.75) is 18.8 Å². The molecule has 0 spiro atoms. The van der Waals surface area contributed by atoms with Crippen molar-refractivity contribution in [2.24, 2.45) is 10.9 Å². The number of halogens is 2. The number of aliphatic imine (C=N–C) groups is 1. The van der Waals surface area contributed by atoms with E-state index < -0.39 is 0 Å². The average Bonchev–Trinajstić information content (AvgIpc) is 2.95. The molecule has 1 N–H and O–H groups in total. The molecule has 5 heteroatoms. The summed E-state index contributed by atoms with van der Waals surface area (Å²) in [4.78, 5) is 4.70. The summed E-state index contributed by atoms with van der Waals surface area (Å²) >= 11 is 3.28. The van der Waals surface area contributed by atoms with Gasteiger partial charge in [-0.05, 0) is 46.5 Å². The summed E-state index contributed by atoms with van der Waals surface area (Å²) in [5.74, 6) is 0.970. The molecule has 4 rings (SSSR count). The zero-order valence-electron chi connectivity index (χ0n) is 11.2. The van der Waals surface area contributed by atoms with Gasteiger partial charge in [0, 0.05) is 23.1 Å². The lowest BCUT2D eigenvalue weighted by Gasteiger charge is -2.32. The number of hydrogen-bond acceptors (Lipinski definition) is 2. The van der Waals surface area contributed by atoms with Crippen LogP contribution in [0.1, 0.15) is 29.9 Å². The molecule has 2 aromatic rings. The van der Waals surface area contributed by atoms with Crippen LogP contribution in [0.5, 0.6) is 0 Å². The summed E-state index contributed by atoms with van der Waals surface area (Å²) in [5.41, 5.74) is 3.34. The fourth-order valence-corrected chi connectivity index (χ4v) is 3.62. The number of H-pyrrole nitrogens is 1. The standard InChI is InChI=1S/C16H13BrFN3/c17-12-7-9(5-6-13(12)18)15-10-3-1-2-4-14(10)20-16-11(15)8-19-21-16/h1,3,5-8,10,15H,2,4H2,(H,19,21). The average molecular weight is 346 g/mol.